The van der Waals surface area contributed by atoms with E-state index in [0.29, 0.717) is 27.1 Å². The molecule has 0 aliphatic rings. The van der Waals surface area contributed by atoms with Gasteiger partial charge in [0.05, 0.1) is 10.7 Å². The van der Waals surface area contributed by atoms with Crippen molar-refractivity contribution in [3.8, 4) is 0 Å². The number of aromatic nitrogens is 2. The van der Waals surface area contributed by atoms with E-state index in [9.17, 15) is 9.18 Å². The molecule has 8 heteroatoms. The highest BCUT2D eigenvalue weighted by Crippen LogP contribution is 2.26. The van der Waals surface area contributed by atoms with Gasteiger partial charge in [-0.15, -0.1) is 0 Å². The van der Waals surface area contributed by atoms with E-state index >= 15 is 0 Å². The summed E-state index contributed by atoms with van der Waals surface area (Å²) in [5.41, 5.74) is 1.55. The number of carbonyl (C=O) groups excluding carboxylic acids is 1. The zero-order valence-electron chi connectivity index (χ0n) is 13.6. The van der Waals surface area contributed by atoms with Gasteiger partial charge in [-0.2, -0.15) is 0 Å². The molecule has 0 radical (unpaired) electrons. The molecule has 2 aromatic carbocycles. The zero-order chi connectivity index (χ0) is 18.7. The number of anilines is 3. The number of nitrogens with zero attached hydrogens (tertiary/aromatic N) is 2. The maximum absolute atomic E-state index is 13.3. The molecule has 0 aliphatic heterocycles. The minimum absolute atomic E-state index is 0.132. The van der Waals surface area contributed by atoms with Gasteiger partial charge < -0.3 is 10.6 Å². The van der Waals surface area contributed by atoms with Gasteiger partial charge in [0, 0.05) is 16.4 Å². The van der Waals surface area contributed by atoms with Crippen LogP contribution < -0.4 is 10.6 Å². The quantitative estimate of drug-likeness (QED) is 0.640. The Morgan fingerprint density at radius 1 is 1.08 bits per heavy atom. The molecule has 5 nitrogen and oxygen atoms in total. The largest absolute Gasteiger partial charge is 0.324 e. The smallest absolute Gasteiger partial charge is 0.274 e. The van der Waals surface area contributed by atoms with E-state index in [2.05, 4.69) is 20.6 Å². The van der Waals surface area contributed by atoms with Crippen LogP contribution in [0.3, 0.4) is 0 Å². The van der Waals surface area contributed by atoms with Crippen molar-refractivity contribution in [3.05, 3.63) is 75.8 Å². The van der Waals surface area contributed by atoms with Gasteiger partial charge in [-0.25, -0.2) is 14.4 Å². The maximum atomic E-state index is 13.3. The van der Waals surface area contributed by atoms with Crippen molar-refractivity contribution in [1.82, 2.24) is 9.97 Å². The summed E-state index contributed by atoms with van der Waals surface area (Å²) >= 11 is 12.0. The van der Waals surface area contributed by atoms with E-state index in [1.807, 2.05) is 0 Å². The molecule has 0 unspecified atom stereocenters. The van der Waals surface area contributed by atoms with Gasteiger partial charge in [0.1, 0.15) is 11.5 Å². The molecule has 3 aromatic rings. The first-order valence-electron chi connectivity index (χ1n) is 7.55. The van der Waals surface area contributed by atoms with E-state index in [-0.39, 0.29) is 11.6 Å². The second kappa shape index (κ2) is 7.68. The second-order valence-corrected chi connectivity index (χ2v) is 6.28. The predicted octanol–water partition coefficient (Wildman–Crippen LogP) is 5.23. The van der Waals surface area contributed by atoms with Crippen molar-refractivity contribution < 1.29 is 9.18 Å². The van der Waals surface area contributed by atoms with Crippen molar-refractivity contribution in [3.63, 3.8) is 0 Å². The normalized spacial score (nSPS) is 10.5. The second-order valence-electron chi connectivity index (χ2n) is 5.43. The lowest BCUT2D eigenvalue weighted by Crippen LogP contribution is -2.15. The fourth-order valence-corrected chi connectivity index (χ4v) is 2.55. The average Bonchev–Trinajstić information content (AvgIpc) is 2.57. The SMILES string of the molecule is Cc1cc(C(=O)Nc2cc(Cl)ccc2Cl)nc(Nc2cccc(F)c2)n1. The molecular formula is C18H13Cl2FN4O. The number of hydrogen-bond donors (Lipinski definition) is 2. The summed E-state index contributed by atoms with van der Waals surface area (Å²) in [5, 5.41) is 6.33. The molecule has 1 amide bonds. The van der Waals surface area contributed by atoms with Gasteiger partial charge in [-0.05, 0) is 49.4 Å². The first-order chi connectivity index (χ1) is 12.4. The Balaban J connectivity index is 1.84. The first-order valence-corrected chi connectivity index (χ1v) is 8.31. The van der Waals surface area contributed by atoms with Crippen LogP contribution in [-0.4, -0.2) is 15.9 Å². The number of halogens is 3. The van der Waals surface area contributed by atoms with Crippen LogP contribution in [0.5, 0.6) is 0 Å². The Bertz CT molecular complexity index is 981. The first kappa shape index (κ1) is 18.1. The number of hydrogen-bond acceptors (Lipinski definition) is 4. The van der Waals surface area contributed by atoms with Crippen molar-refractivity contribution in [1.29, 1.82) is 0 Å². The highest BCUT2D eigenvalue weighted by Gasteiger charge is 2.13. The summed E-state index contributed by atoms with van der Waals surface area (Å²) in [5.74, 6) is -0.684. The van der Waals surface area contributed by atoms with Gasteiger partial charge in [-0.3, -0.25) is 4.79 Å². The third-order valence-corrected chi connectivity index (χ3v) is 3.91. The predicted molar refractivity (Wildman–Crippen MR) is 101 cm³/mol. The van der Waals surface area contributed by atoms with Crippen molar-refractivity contribution >= 4 is 46.4 Å². The fraction of sp³-hybridized carbons (Fsp3) is 0.0556. The lowest BCUT2D eigenvalue weighted by molar-refractivity contribution is 0.102. The van der Waals surface area contributed by atoms with Crippen LogP contribution in [0.25, 0.3) is 0 Å². The standard InChI is InChI=1S/C18H13Cl2FN4O/c1-10-7-16(17(26)24-15-8-11(19)5-6-14(15)20)25-18(22-10)23-13-4-2-3-12(21)9-13/h2-9H,1H3,(H,24,26)(H,22,23,25). The van der Waals surface area contributed by atoms with E-state index in [0.717, 1.165) is 0 Å². The number of nitrogens with one attached hydrogen (secondary N) is 2. The number of carbonyl (C=O) groups is 1. The van der Waals surface area contributed by atoms with Crippen LogP contribution in [0, 0.1) is 12.7 Å². The molecule has 0 bridgehead atoms. The van der Waals surface area contributed by atoms with Crippen molar-refractivity contribution in [2.75, 3.05) is 10.6 Å². The minimum atomic E-state index is -0.470. The lowest BCUT2D eigenvalue weighted by atomic mass is 10.2. The Kier molecular flexibility index (Phi) is 5.35. The van der Waals surface area contributed by atoms with Crippen molar-refractivity contribution in [2.24, 2.45) is 0 Å². The van der Waals surface area contributed by atoms with Crippen LogP contribution >= 0.6 is 23.2 Å². The topological polar surface area (TPSA) is 66.9 Å². The molecule has 0 atom stereocenters. The van der Waals surface area contributed by atoms with E-state index in [4.69, 9.17) is 23.2 Å². The molecule has 3 rings (SSSR count). The van der Waals surface area contributed by atoms with Crippen LogP contribution in [0.1, 0.15) is 16.2 Å². The van der Waals surface area contributed by atoms with Gasteiger partial charge in [-0.1, -0.05) is 29.3 Å². The molecule has 132 valence electrons. The molecule has 1 aromatic heterocycles. The number of rotatable bonds is 4. The third kappa shape index (κ3) is 4.47. The Hall–Kier alpha value is -2.70. The summed E-state index contributed by atoms with van der Waals surface area (Å²) in [4.78, 5) is 20.9. The van der Waals surface area contributed by atoms with Gasteiger partial charge in [0.2, 0.25) is 5.95 Å². The molecule has 2 N–H and O–H groups in total. The molecule has 0 fully saturated rings. The van der Waals surface area contributed by atoms with Crippen LogP contribution in [-0.2, 0) is 0 Å². The summed E-state index contributed by atoms with van der Waals surface area (Å²) in [6.45, 7) is 1.72. The highest BCUT2D eigenvalue weighted by molar-refractivity contribution is 6.35. The summed E-state index contributed by atoms with van der Waals surface area (Å²) in [7, 11) is 0. The highest BCUT2D eigenvalue weighted by atomic mass is 35.5. The zero-order valence-corrected chi connectivity index (χ0v) is 15.1. The van der Waals surface area contributed by atoms with Crippen LogP contribution in [0.4, 0.5) is 21.7 Å². The minimum Gasteiger partial charge on any atom is -0.324 e. The Morgan fingerprint density at radius 2 is 1.88 bits per heavy atom. The summed E-state index contributed by atoms with van der Waals surface area (Å²) in [6, 6.07) is 12.1. The molecule has 0 saturated heterocycles. The summed E-state index contributed by atoms with van der Waals surface area (Å²) < 4.78 is 13.3. The van der Waals surface area contributed by atoms with Crippen LogP contribution in [0.2, 0.25) is 10.0 Å². The molecule has 1 heterocycles. The van der Waals surface area contributed by atoms with E-state index in [1.54, 1.807) is 37.3 Å². The van der Waals surface area contributed by atoms with Gasteiger partial charge in [0.15, 0.2) is 0 Å². The van der Waals surface area contributed by atoms with Gasteiger partial charge in [0.25, 0.3) is 5.91 Å². The number of aryl methyl sites for hydroxylation is 1. The fourth-order valence-electron chi connectivity index (χ4n) is 2.22. The average molecular weight is 391 g/mol. The number of amides is 1. The van der Waals surface area contributed by atoms with Crippen LogP contribution in [0.15, 0.2) is 48.5 Å². The Morgan fingerprint density at radius 3 is 2.65 bits per heavy atom. The molecule has 0 aliphatic carbocycles. The van der Waals surface area contributed by atoms with E-state index in [1.165, 1.54) is 18.2 Å². The number of benzene rings is 2. The molecule has 0 spiro atoms. The van der Waals surface area contributed by atoms with Crippen molar-refractivity contribution in [2.45, 2.75) is 6.92 Å². The lowest BCUT2D eigenvalue weighted by Gasteiger charge is -2.10. The molecule has 0 saturated carbocycles. The molecule has 26 heavy (non-hydrogen) atoms. The van der Waals surface area contributed by atoms with E-state index < -0.39 is 11.7 Å². The maximum Gasteiger partial charge on any atom is 0.274 e. The van der Waals surface area contributed by atoms with Gasteiger partial charge >= 0.3 is 0 Å². The Labute approximate surface area is 159 Å². The third-order valence-electron chi connectivity index (χ3n) is 3.34. The summed E-state index contributed by atoms with van der Waals surface area (Å²) in [6.07, 6.45) is 0. The monoisotopic (exact) mass is 390 g/mol. The molecular weight excluding hydrogens is 378 g/mol.